The number of nitrogens with zero attached hydrogens (tertiary/aromatic N) is 1. The average Bonchev–Trinajstić information content (AvgIpc) is 3.00. The van der Waals surface area contributed by atoms with Gasteiger partial charge in [-0.2, -0.15) is 0 Å². The summed E-state index contributed by atoms with van der Waals surface area (Å²) in [7, 11) is 0. The molecule has 0 saturated heterocycles. The molecule has 0 spiro atoms. The Kier molecular flexibility index (Phi) is 3.79. The lowest BCUT2D eigenvalue weighted by molar-refractivity contribution is 0.574. The van der Waals surface area contributed by atoms with Gasteiger partial charge in [0.15, 0.2) is 0 Å². The number of nitrogens with one attached hydrogen (secondary N) is 2. The Morgan fingerprint density at radius 2 is 2.00 bits per heavy atom. The normalized spacial score (nSPS) is 12.7. The SMILES string of the molecule is CC(NCCc1ncc[nH]1)c1cccc2ccccc12. The topological polar surface area (TPSA) is 40.7 Å². The molecule has 0 radical (unpaired) electrons. The zero-order chi connectivity index (χ0) is 13.8. The summed E-state index contributed by atoms with van der Waals surface area (Å²) in [5, 5.41) is 6.19. The van der Waals surface area contributed by atoms with Crippen LogP contribution in [0.15, 0.2) is 54.9 Å². The summed E-state index contributed by atoms with van der Waals surface area (Å²) in [5.41, 5.74) is 1.35. The molecule has 102 valence electrons. The van der Waals surface area contributed by atoms with Crippen molar-refractivity contribution in [3.8, 4) is 0 Å². The van der Waals surface area contributed by atoms with E-state index < -0.39 is 0 Å². The van der Waals surface area contributed by atoms with Gasteiger partial charge in [0.25, 0.3) is 0 Å². The molecule has 0 saturated carbocycles. The number of rotatable bonds is 5. The molecule has 3 nitrogen and oxygen atoms in total. The van der Waals surface area contributed by atoms with E-state index in [9.17, 15) is 0 Å². The van der Waals surface area contributed by atoms with Crippen molar-refractivity contribution in [3.63, 3.8) is 0 Å². The third-order valence-electron chi connectivity index (χ3n) is 3.66. The second kappa shape index (κ2) is 5.88. The summed E-state index contributed by atoms with van der Waals surface area (Å²) in [4.78, 5) is 7.37. The van der Waals surface area contributed by atoms with E-state index in [-0.39, 0.29) is 0 Å². The van der Waals surface area contributed by atoms with Crippen molar-refractivity contribution in [2.75, 3.05) is 6.54 Å². The van der Waals surface area contributed by atoms with Gasteiger partial charge in [-0.15, -0.1) is 0 Å². The molecule has 1 unspecified atom stereocenters. The maximum atomic E-state index is 4.24. The van der Waals surface area contributed by atoms with E-state index in [1.54, 1.807) is 6.20 Å². The minimum absolute atomic E-state index is 0.330. The third kappa shape index (κ3) is 2.73. The van der Waals surface area contributed by atoms with Crippen LogP contribution >= 0.6 is 0 Å². The van der Waals surface area contributed by atoms with Crippen LogP contribution in [0.1, 0.15) is 24.4 Å². The summed E-state index contributed by atoms with van der Waals surface area (Å²) in [6, 6.07) is 15.4. The van der Waals surface area contributed by atoms with Crippen LogP contribution in [0.2, 0.25) is 0 Å². The maximum Gasteiger partial charge on any atom is 0.107 e. The molecule has 3 heteroatoms. The van der Waals surface area contributed by atoms with Crippen molar-refractivity contribution in [1.29, 1.82) is 0 Å². The highest BCUT2D eigenvalue weighted by Crippen LogP contribution is 2.23. The van der Waals surface area contributed by atoms with Gasteiger partial charge in [0.1, 0.15) is 5.82 Å². The van der Waals surface area contributed by atoms with Crippen molar-refractivity contribution in [3.05, 3.63) is 66.2 Å². The van der Waals surface area contributed by atoms with Crippen LogP contribution in [0.5, 0.6) is 0 Å². The van der Waals surface area contributed by atoms with Crippen LogP contribution in [0.4, 0.5) is 0 Å². The molecule has 3 aromatic rings. The molecule has 2 aromatic carbocycles. The van der Waals surface area contributed by atoms with Gasteiger partial charge in [-0.05, 0) is 23.3 Å². The average molecular weight is 265 g/mol. The van der Waals surface area contributed by atoms with Gasteiger partial charge >= 0.3 is 0 Å². The van der Waals surface area contributed by atoms with Crippen LogP contribution in [0.3, 0.4) is 0 Å². The van der Waals surface area contributed by atoms with Gasteiger partial charge in [0.2, 0.25) is 0 Å². The Morgan fingerprint density at radius 3 is 2.85 bits per heavy atom. The molecule has 0 aliphatic carbocycles. The van der Waals surface area contributed by atoms with Gasteiger partial charge in [-0.3, -0.25) is 0 Å². The predicted octanol–water partition coefficient (Wildman–Crippen LogP) is 3.46. The fourth-order valence-corrected chi connectivity index (χ4v) is 2.58. The van der Waals surface area contributed by atoms with Gasteiger partial charge in [-0.25, -0.2) is 4.98 Å². The number of aromatic amines is 1. The van der Waals surface area contributed by atoms with Crippen molar-refractivity contribution < 1.29 is 0 Å². The number of hydrogen-bond donors (Lipinski definition) is 2. The van der Waals surface area contributed by atoms with Gasteiger partial charge in [-0.1, -0.05) is 42.5 Å². The molecule has 2 N–H and O–H groups in total. The van der Waals surface area contributed by atoms with E-state index in [0.29, 0.717) is 6.04 Å². The predicted molar refractivity (Wildman–Crippen MR) is 82.7 cm³/mol. The first-order valence-electron chi connectivity index (χ1n) is 7.04. The second-order valence-corrected chi connectivity index (χ2v) is 5.03. The molecule has 1 atom stereocenters. The van der Waals surface area contributed by atoms with E-state index >= 15 is 0 Å². The molecule has 0 aliphatic rings. The van der Waals surface area contributed by atoms with Crippen molar-refractivity contribution in [2.45, 2.75) is 19.4 Å². The Hall–Kier alpha value is -2.13. The van der Waals surface area contributed by atoms with Crippen molar-refractivity contribution >= 4 is 10.8 Å². The van der Waals surface area contributed by atoms with Gasteiger partial charge < -0.3 is 10.3 Å². The van der Waals surface area contributed by atoms with E-state index in [0.717, 1.165) is 18.8 Å². The minimum Gasteiger partial charge on any atom is -0.349 e. The van der Waals surface area contributed by atoms with Gasteiger partial charge in [0.05, 0.1) is 0 Å². The van der Waals surface area contributed by atoms with E-state index in [1.807, 2.05) is 6.20 Å². The maximum absolute atomic E-state index is 4.24. The number of H-pyrrole nitrogens is 1. The lowest BCUT2D eigenvalue weighted by Crippen LogP contribution is -2.21. The molecular formula is C17H19N3. The number of benzene rings is 2. The molecule has 0 aliphatic heterocycles. The zero-order valence-electron chi connectivity index (χ0n) is 11.6. The lowest BCUT2D eigenvalue weighted by atomic mass is 10.00. The Morgan fingerprint density at radius 1 is 1.15 bits per heavy atom. The third-order valence-corrected chi connectivity index (χ3v) is 3.66. The van der Waals surface area contributed by atoms with Crippen LogP contribution < -0.4 is 5.32 Å². The molecule has 3 rings (SSSR count). The van der Waals surface area contributed by atoms with E-state index in [1.165, 1.54) is 16.3 Å². The van der Waals surface area contributed by atoms with Crippen molar-refractivity contribution in [2.24, 2.45) is 0 Å². The summed E-state index contributed by atoms with van der Waals surface area (Å²) < 4.78 is 0. The Labute approximate surface area is 119 Å². The van der Waals surface area contributed by atoms with Crippen LogP contribution in [0, 0.1) is 0 Å². The van der Waals surface area contributed by atoms with E-state index in [2.05, 4.69) is 64.7 Å². The van der Waals surface area contributed by atoms with Gasteiger partial charge in [0, 0.05) is 31.4 Å². The number of aromatic nitrogens is 2. The Balaban J connectivity index is 1.70. The quantitative estimate of drug-likeness (QED) is 0.741. The molecule has 1 heterocycles. The van der Waals surface area contributed by atoms with Crippen LogP contribution in [-0.2, 0) is 6.42 Å². The molecule has 1 aromatic heterocycles. The lowest BCUT2D eigenvalue weighted by Gasteiger charge is -2.16. The fourth-order valence-electron chi connectivity index (χ4n) is 2.58. The number of fused-ring (bicyclic) bond motifs is 1. The summed E-state index contributed by atoms with van der Waals surface area (Å²) in [6.07, 6.45) is 4.58. The van der Waals surface area contributed by atoms with Crippen molar-refractivity contribution in [1.82, 2.24) is 15.3 Å². The number of hydrogen-bond acceptors (Lipinski definition) is 2. The minimum atomic E-state index is 0.330. The smallest absolute Gasteiger partial charge is 0.107 e. The fraction of sp³-hybridized carbons (Fsp3) is 0.235. The Bertz CT molecular complexity index is 668. The number of imidazole rings is 1. The molecule has 0 fully saturated rings. The standard InChI is InChI=1S/C17H19N3/c1-13(18-10-9-17-19-11-12-20-17)15-8-4-6-14-5-2-3-7-16(14)15/h2-8,11-13,18H,9-10H2,1H3,(H,19,20). The molecule has 0 amide bonds. The summed E-state index contributed by atoms with van der Waals surface area (Å²) in [6.45, 7) is 3.13. The first-order valence-corrected chi connectivity index (χ1v) is 7.04. The van der Waals surface area contributed by atoms with E-state index in [4.69, 9.17) is 0 Å². The molecular weight excluding hydrogens is 246 g/mol. The largest absolute Gasteiger partial charge is 0.349 e. The highest BCUT2D eigenvalue weighted by molar-refractivity contribution is 5.86. The highest BCUT2D eigenvalue weighted by Gasteiger charge is 2.08. The summed E-state index contributed by atoms with van der Waals surface area (Å²) >= 11 is 0. The molecule has 20 heavy (non-hydrogen) atoms. The first-order chi connectivity index (χ1) is 9.84. The van der Waals surface area contributed by atoms with Crippen LogP contribution in [-0.4, -0.2) is 16.5 Å². The molecule has 0 bridgehead atoms. The first kappa shape index (κ1) is 12.9. The highest BCUT2D eigenvalue weighted by atomic mass is 14.9. The monoisotopic (exact) mass is 265 g/mol. The van der Waals surface area contributed by atoms with Crippen LogP contribution in [0.25, 0.3) is 10.8 Å². The second-order valence-electron chi connectivity index (χ2n) is 5.03. The zero-order valence-corrected chi connectivity index (χ0v) is 11.6. The summed E-state index contributed by atoms with van der Waals surface area (Å²) in [5.74, 6) is 1.03.